The van der Waals surface area contributed by atoms with Crippen LogP contribution in [0.15, 0.2) is 60.8 Å². The minimum Gasteiger partial charge on any atom is -0.359 e. The number of anilines is 1. The summed E-state index contributed by atoms with van der Waals surface area (Å²) in [5, 5.41) is 7.74. The van der Waals surface area contributed by atoms with Gasteiger partial charge in [0.15, 0.2) is 5.78 Å². The van der Waals surface area contributed by atoms with E-state index < -0.39 is 0 Å². The number of carbonyl (C=O) groups is 1. The monoisotopic (exact) mass is 363 g/mol. The van der Waals surface area contributed by atoms with Crippen LogP contribution in [-0.4, -0.2) is 15.6 Å². The van der Waals surface area contributed by atoms with Gasteiger partial charge in [-0.2, -0.15) is 5.10 Å². The molecule has 27 heavy (non-hydrogen) atoms. The molecule has 138 valence electrons. The molecule has 0 saturated carbocycles. The molecule has 1 heterocycles. The molecule has 0 spiro atoms. The highest BCUT2D eigenvalue weighted by atomic mass is 19.1. The fraction of sp³-hybridized carbons (Fsp3) is 0.182. The second kappa shape index (κ2) is 7.99. The predicted molar refractivity (Wildman–Crippen MR) is 105 cm³/mol. The summed E-state index contributed by atoms with van der Waals surface area (Å²) in [6.07, 6.45) is 3.03. The number of allylic oxidation sites excluding steroid dienone is 1. The van der Waals surface area contributed by atoms with Gasteiger partial charge < -0.3 is 5.32 Å². The van der Waals surface area contributed by atoms with Crippen LogP contribution in [0, 0.1) is 26.6 Å². The van der Waals surface area contributed by atoms with E-state index in [-0.39, 0.29) is 11.6 Å². The molecule has 4 nitrogen and oxygen atoms in total. The number of hydrogen-bond acceptors (Lipinski definition) is 3. The van der Waals surface area contributed by atoms with Gasteiger partial charge in [-0.15, -0.1) is 0 Å². The maximum Gasteiger partial charge on any atom is 0.187 e. The molecule has 0 amide bonds. The van der Waals surface area contributed by atoms with E-state index in [4.69, 9.17) is 0 Å². The van der Waals surface area contributed by atoms with E-state index >= 15 is 0 Å². The Labute approximate surface area is 158 Å². The molecule has 0 fully saturated rings. The van der Waals surface area contributed by atoms with E-state index in [0.29, 0.717) is 12.1 Å². The number of aromatic nitrogens is 2. The van der Waals surface area contributed by atoms with Crippen LogP contribution in [0.2, 0.25) is 0 Å². The van der Waals surface area contributed by atoms with Crippen LogP contribution in [0.4, 0.5) is 10.1 Å². The second-order valence-electron chi connectivity index (χ2n) is 6.54. The fourth-order valence-electron chi connectivity index (χ4n) is 2.84. The number of carbonyl (C=O) groups excluding carboxylic acids is 1. The molecule has 0 saturated heterocycles. The van der Waals surface area contributed by atoms with Crippen LogP contribution in [0.5, 0.6) is 0 Å². The zero-order valence-electron chi connectivity index (χ0n) is 15.7. The number of halogens is 1. The SMILES string of the molecule is Cc1ccc(Cn2nc(C)c(NC=CC(=O)c3ccc(F)cc3)c2C)cc1. The molecule has 0 atom stereocenters. The first-order valence-electron chi connectivity index (χ1n) is 8.76. The number of ketones is 1. The number of nitrogens with one attached hydrogen (secondary N) is 1. The van der Waals surface area contributed by atoms with Gasteiger partial charge in [0.2, 0.25) is 0 Å². The van der Waals surface area contributed by atoms with Crippen LogP contribution < -0.4 is 5.32 Å². The lowest BCUT2D eigenvalue weighted by Crippen LogP contribution is -2.04. The lowest BCUT2D eigenvalue weighted by atomic mass is 10.1. The lowest BCUT2D eigenvalue weighted by molar-refractivity contribution is 0.104. The fourth-order valence-corrected chi connectivity index (χ4v) is 2.84. The van der Waals surface area contributed by atoms with E-state index in [1.165, 1.54) is 41.5 Å². The Morgan fingerprint density at radius 2 is 1.74 bits per heavy atom. The van der Waals surface area contributed by atoms with Crippen molar-refractivity contribution < 1.29 is 9.18 Å². The summed E-state index contributed by atoms with van der Waals surface area (Å²) in [5.41, 5.74) is 5.58. The van der Waals surface area contributed by atoms with Gasteiger partial charge in [0, 0.05) is 17.8 Å². The molecule has 1 N–H and O–H groups in total. The van der Waals surface area contributed by atoms with Gasteiger partial charge in [-0.05, 0) is 50.6 Å². The first-order chi connectivity index (χ1) is 12.9. The number of benzene rings is 2. The molecule has 3 rings (SSSR count). The summed E-state index contributed by atoms with van der Waals surface area (Å²) in [6, 6.07) is 13.9. The zero-order chi connectivity index (χ0) is 19.4. The largest absolute Gasteiger partial charge is 0.359 e. The predicted octanol–water partition coefficient (Wildman–Crippen LogP) is 4.80. The minimum absolute atomic E-state index is 0.190. The van der Waals surface area contributed by atoms with E-state index in [0.717, 1.165) is 17.1 Å². The van der Waals surface area contributed by atoms with E-state index in [1.54, 1.807) is 6.20 Å². The maximum atomic E-state index is 12.9. The number of nitrogens with zero attached hydrogens (tertiary/aromatic N) is 2. The Bertz CT molecular complexity index is 970. The van der Waals surface area contributed by atoms with Crippen molar-refractivity contribution in [3.8, 4) is 0 Å². The Morgan fingerprint density at radius 1 is 1.07 bits per heavy atom. The van der Waals surface area contributed by atoms with Gasteiger partial charge in [0.1, 0.15) is 5.82 Å². The van der Waals surface area contributed by atoms with Crippen molar-refractivity contribution in [3.05, 3.63) is 94.7 Å². The topological polar surface area (TPSA) is 46.9 Å². The maximum absolute atomic E-state index is 12.9. The van der Waals surface area contributed by atoms with Crippen molar-refractivity contribution in [2.24, 2.45) is 0 Å². The summed E-state index contributed by atoms with van der Waals surface area (Å²) in [6.45, 7) is 6.67. The van der Waals surface area contributed by atoms with Crippen LogP contribution in [0.25, 0.3) is 0 Å². The van der Waals surface area contributed by atoms with Gasteiger partial charge in [-0.25, -0.2) is 4.39 Å². The van der Waals surface area contributed by atoms with Crippen molar-refractivity contribution in [2.45, 2.75) is 27.3 Å². The molecule has 5 heteroatoms. The van der Waals surface area contributed by atoms with Crippen LogP contribution in [0.3, 0.4) is 0 Å². The summed E-state index contributed by atoms with van der Waals surface area (Å²) in [7, 11) is 0. The number of hydrogen-bond donors (Lipinski definition) is 1. The van der Waals surface area contributed by atoms with Gasteiger partial charge in [-0.3, -0.25) is 9.48 Å². The van der Waals surface area contributed by atoms with E-state index in [2.05, 4.69) is 41.6 Å². The Kier molecular flexibility index (Phi) is 5.50. The first-order valence-corrected chi connectivity index (χ1v) is 8.76. The Balaban J connectivity index is 1.70. The highest BCUT2D eigenvalue weighted by molar-refractivity contribution is 6.04. The first kappa shape index (κ1) is 18.6. The number of aryl methyl sites for hydroxylation is 2. The summed E-state index contributed by atoms with van der Waals surface area (Å²) in [5.74, 6) is -0.550. The molecule has 0 aliphatic heterocycles. The van der Waals surface area contributed by atoms with E-state index in [1.807, 2.05) is 18.5 Å². The van der Waals surface area contributed by atoms with Crippen molar-refractivity contribution >= 4 is 11.5 Å². The van der Waals surface area contributed by atoms with Crippen LogP contribution >= 0.6 is 0 Å². The third-order valence-electron chi connectivity index (χ3n) is 4.43. The molecule has 1 aromatic heterocycles. The highest BCUT2D eigenvalue weighted by Crippen LogP contribution is 2.20. The van der Waals surface area contributed by atoms with E-state index in [9.17, 15) is 9.18 Å². The zero-order valence-corrected chi connectivity index (χ0v) is 15.7. The third kappa shape index (κ3) is 4.50. The Morgan fingerprint density at radius 3 is 2.41 bits per heavy atom. The molecular weight excluding hydrogens is 341 g/mol. The normalized spacial score (nSPS) is 11.1. The second-order valence-corrected chi connectivity index (χ2v) is 6.54. The summed E-state index contributed by atoms with van der Waals surface area (Å²) >= 11 is 0. The highest BCUT2D eigenvalue weighted by Gasteiger charge is 2.11. The number of rotatable bonds is 6. The van der Waals surface area contributed by atoms with Crippen molar-refractivity contribution in [3.63, 3.8) is 0 Å². The lowest BCUT2D eigenvalue weighted by Gasteiger charge is -2.06. The third-order valence-corrected chi connectivity index (χ3v) is 4.43. The van der Waals surface area contributed by atoms with Crippen LogP contribution in [-0.2, 0) is 6.54 Å². The summed E-state index contributed by atoms with van der Waals surface area (Å²) in [4.78, 5) is 12.1. The van der Waals surface area contributed by atoms with Gasteiger partial charge in [0.25, 0.3) is 0 Å². The smallest absolute Gasteiger partial charge is 0.187 e. The molecule has 2 aromatic carbocycles. The molecule has 0 unspecified atom stereocenters. The molecular formula is C22H22FN3O. The molecule has 0 aliphatic carbocycles. The van der Waals surface area contributed by atoms with Crippen molar-refractivity contribution in [1.29, 1.82) is 0 Å². The van der Waals surface area contributed by atoms with Crippen molar-refractivity contribution in [1.82, 2.24) is 9.78 Å². The van der Waals surface area contributed by atoms with Gasteiger partial charge >= 0.3 is 0 Å². The minimum atomic E-state index is -0.360. The van der Waals surface area contributed by atoms with Gasteiger partial charge in [0.05, 0.1) is 23.6 Å². The van der Waals surface area contributed by atoms with Crippen LogP contribution in [0.1, 0.15) is 32.9 Å². The molecule has 3 aromatic rings. The molecule has 0 bridgehead atoms. The quantitative estimate of drug-likeness (QED) is 0.505. The van der Waals surface area contributed by atoms with Crippen molar-refractivity contribution in [2.75, 3.05) is 5.32 Å². The average molecular weight is 363 g/mol. The molecule has 0 aliphatic rings. The Hall–Kier alpha value is -3.21. The average Bonchev–Trinajstić information content (AvgIpc) is 2.91. The van der Waals surface area contributed by atoms with Gasteiger partial charge in [-0.1, -0.05) is 29.8 Å². The summed E-state index contributed by atoms with van der Waals surface area (Å²) < 4.78 is 14.9. The standard InChI is InChI=1S/C22H22FN3O/c1-15-4-6-18(7-5-15)14-26-17(3)22(16(2)25-26)24-13-12-21(27)19-8-10-20(23)11-9-19/h4-13,24H,14H2,1-3H3. The molecule has 0 radical (unpaired) electrons.